The number of benzene rings is 2. The molecule has 0 aromatic heterocycles. The van der Waals surface area contributed by atoms with Crippen molar-refractivity contribution in [1.29, 1.82) is 0 Å². The van der Waals surface area contributed by atoms with E-state index in [0.717, 1.165) is 3.57 Å². The first kappa shape index (κ1) is 16.5. The van der Waals surface area contributed by atoms with Crippen molar-refractivity contribution in [2.24, 2.45) is 0 Å². The smallest absolute Gasteiger partial charge is 0.255 e. The van der Waals surface area contributed by atoms with Gasteiger partial charge in [0.05, 0.1) is 23.0 Å². The lowest BCUT2D eigenvalue weighted by molar-refractivity contribution is 0.102. The SMILES string of the molecule is CCOc1cc(C(=O)Nc2ccccc2F)cc(I)c1OC. The van der Waals surface area contributed by atoms with E-state index in [9.17, 15) is 9.18 Å². The zero-order chi connectivity index (χ0) is 16.1. The van der Waals surface area contributed by atoms with Crippen LogP contribution < -0.4 is 14.8 Å². The molecule has 0 atom stereocenters. The maximum absolute atomic E-state index is 13.6. The Bertz CT molecular complexity index is 691. The lowest BCUT2D eigenvalue weighted by Gasteiger charge is -2.13. The largest absolute Gasteiger partial charge is 0.492 e. The van der Waals surface area contributed by atoms with Crippen molar-refractivity contribution in [2.75, 3.05) is 19.0 Å². The highest BCUT2D eigenvalue weighted by Gasteiger charge is 2.16. The number of amides is 1. The second kappa shape index (κ2) is 7.44. The molecule has 4 nitrogen and oxygen atoms in total. The molecule has 22 heavy (non-hydrogen) atoms. The van der Waals surface area contributed by atoms with Crippen molar-refractivity contribution in [1.82, 2.24) is 0 Å². The molecule has 0 radical (unpaired) electrons. The fraction of sp³-hybridized carbons (Fsp3) is 0.188. The van der Waals surface area contributed by atoms with E-state index >= 15 is 0 Å². The molecule has 2 rings (SSSR count). The number of rotatable bonds is 5. The average Bonchev–Trinajstić information content (AvgIpc) is 2.49. The summed E-state index contributed by atoms with van der Waals surface area (Å²) in [5.74, 6) is 0.163. The van der Waals surface area contributed by atoms with Crippen LogP contribution in [0.3, 0.4) is 0 Å². The minimum atomic E-state index is -0.482. The van der Waals surface area contributed by atoms with Crippen LogP contribution in [0.1, 0.15) is 17.3 Å². The third-order valence-electron chi connectivity index (χ3n) is 2.90. The predicted octanol–water partition coefficient (Wildman–Crippen LogP) is 4.09. The molecule has 0 aliphatic heterocycles. The highest BCUT2D eigenvalue weighted by atomic mass is 127. The molecule has 0 aliphatic rings. The van der Waals surface area contributed by atoms with Crippen LogP contribution in [0.2, 0.25) is 0 Å². The number of halogens is 2. The zero-order valence-corrected chi connectivity index (χ0v) is 14.3. The van der Waals surface area contributed by atoms with E-state index in [0.29, 0.717) is 23.7 Å². The summed E-state index contributed by atoms with van der Waals surface area (Å²) in [5.41, 5.74) is 0.508. The van der Waals surface area contributed by atoms with Gasteiger partial charge in [0.25, 0.3) is 5.91 Å². The van der Waals surface area contributed by atoms with Gasteiger partial charge in [0.2, 0.25) is 0 Å². The first-order valence-electron chi connectivity index (χ1n) is 6.63. The zero-order valence-electron chi connectivity index (χ0n) is 12.2. The average molecular weight is 415 g/mol. The highest BCUT2D eigenvalue weighted by Crippen LogP contribution is 2.34. The van der Waals surface area contributed by atoms with Gasteiger partial charge in [-0.25, -0.2) is 4.39 Å². The van der Waals surface area contributed by atoms with Crippen LogP contribution in [0.25, 0.3) is 0 Å². The Morgan fingerprint density at radius 3 is 2.68 bits per heavy atom. The Morgan fingerprint density at radius 2 is 2.05 bits per heavy atom. The first-order valence-corrected chi connectivity index (χ1v) is 7.71. The van der Waals surface area contributed by atoms with E-state index in [-0.39, 0.29) is 5.69 Å². The van der Waals surface area contributed by atoms with Crippen LogP contribution in [-0.2, 0) is 0 Å². The molecule has 1 amide bonds. The maximum atomic E-state index is 13.6. The highest BCUT2D eigenvalue weighted by molar-refractivity contribution is 14.1. The number of carbonyl (C=O) groups is 1. The summed E-state index contributed by atoms with van der Waals surface area (Å²) >= 11 is 2.06. The van der Waals surface area contributed by atoms with Gasteiger partial charge in [0.15, 0.2) is 11.5 Å². The molecule has 0 heterocycles. The van der Waals surface area contributed by atoms with Gasteiger partial charge in [0.1, 0.15) is 5.82 Å². The minimum absolute atomic E-state index is 0.135. The quantitative estimate of drug-likeness (QED) is 0.749. The molecule has 0 bridgehead atoms. The van der Waals surface area contributed by atoms with E-state index < -0.39 is 11.7 Å². The third-order valence-corrected chi connectivity index (χ3v) is 3.70. The number of hydrogen-bond acceptors (Lipinski definition) is 3. The van der Waals surface area contributed by atoms with Crippen molar-refractivity contribution < 1.29 is 18.7 Å². The van der Waals surface area contributed by atoms with Gasteiger partial charge in [-0.15, -0.1) is 0 Å². The molecule has 1 N–H and O–H groups in total. The molecular weight excluding hydrogens is 400 g/mol. The van der Waals surface area contributed by atoms with Crippen LogP contribution in [-0.4, -0.2) is 19.6 Å². The minimum Gasteiger partial charge on any atom is -0.492 e. The van der Waals surface area contributed by atoms with E-state index in [1.54, 1.807) is 31.4 Å². The normalized spacial score (nSPS) is 10.2. The van der Waals surface area contributed by atoms with Gasteiger partial charge >= 0.3 is 0 Å². The van der Waals surface area contributed by atoms with Crippen molar-refractivity contribution in [3.05, 3.63) is 51.3 Å². The van der Waals surface area contributed by atoms with E-state index in [2.05, 4.69) is 27.9 Å². The van der Waals surface area contributed by atoms with Crippen molar-refractivity contribution >= 4 is 34.2 Å². The molecule has 0 aliphatic carbocycles. The fourth-order valence-corrected chi connectivity index (χ4v) is 2.74. The molecule has 0 saturated heterocycles. The maximum Gasteiger partial charge on any atom is 0.255 e. The van der Waals surface area contributed by atoms with Crippen molar-refractivity contribution in [3.63, 3.8) is 0 Å². The van der Waals surface area contributed by atoms with Crippen LogP contribution >= 0.6 is 22.6 Å². The molecule has 116 valence electrons. The number of para-hydroxylation sites is 1. The number of nitrogens with one attached hydrogen (secondary N) is 1. The summed E-state index contributed by atoms with van der Waals surface area (Å²) in [5, 5.41) is 2.55. The van der Waals surface area contributed by atoms with E-state index in [1.165, 1.54) is 12.1 Å². The third kappa shape index (κ3) is 3.68. The molecular formula is C16H15FINO3. The summed E-state index contributed by atoms with van der Waals surface area (Å²) in [7, 11) is 1.54. The Labute approximate surface area is 141 Å². The summed E-state index contributed by atoms with van der Waals surface area (Å²) in [6.45, 7) is 2.29. The van der Waals surface area contributed by atoms with Crippen LogP contribution in [0.15, 0.2) is 36.4 Å². The van der Waals surface area contributed by atoms with Crippen LogP contribution in [0, 0.1) is 9.39 Å². The second-order valence-electron chi connectivity index (χ2n) is 4.36. The Balaban J connectivity index is 2.32. The number of anilines is 1. The molecule has 6 heteroatoms. The molecule has 0 unspecified atom stereocenters. The van der Waals surface area contributed by atoms with Gasteiger partial charge in [-0.2, -0.15) is 0 Å². The molecule has 0 fully saturated rings. The van der Waals surface area contributed by atoms with Gasteiger partial charge in [-0.05, 0) is 53.8 Å². The molecule has 2 aromatic carbocycles. The number of ether oxygens (including phenoxy) is 2. The van der Waals surface area contributed by atoms with Crippen LogP contribution in [0.5, 0.6) is 11.5 Å². The van der Waals surface area contributed by atoms with Gasteiger partial charge in [-0.3, -0.25) is 4.79 Å². The lowest BCUT2D eigenvalue weighted by atomic mass is 10.1. The van der Waals surface area contributed by atoms with E-state index in [1.807, 2.05) is 6.92 Å². The fourth-order valence-electron chi connectivity index (χ4n) is 1.92. The standard InChI is InChI=1S/C16H15FINO3/c1-3-22-14-9-10(8-12(18)15(14)21-2)16(20)19-13-7-5-4-6-11(13)17/h4-9H,3H2,1-2H3,(H,19,20). The molecule has 2 aromatic rings. The van der Waals surface area contributed by atoms with Gasteiger partial charge < -0.3 is 14.8 Å². The lowest BCUT2D eigenvalue weighted by Crippen LogP contribution is -2.14. The van der Waals surface area contributed by atoms with Crippen molar-refractivity contribution in [3.8, 4) is 11.5 Å². The number of methoxy groups -OCH3 is 1. The van der Waals surface area contributed by atoms with Gasteiger partial charge in [-0.1, -0.05) is 12.1 Å². The van der Waals surface area contributed by atoms with Gasteiger partial charge in [0, 0.05) is 5.56 Å². The Kier molecular flexibility index (Phi) is 5.59. The number of carbonyl (C=O) groups excluding carboxylic acids is 1. The summed E-state index contributed by atoms with van der Waals surface area (Å²) in [6.07, 6.45) is 0. The topological polar surface area (TPSA) is 47.6 Å². The molecule has 0 saturated carbocycles. The van der Waals surface area contributed by atoms with Crippen LogP contribution in [0.4, 0.5) is 10.1 Å². The summed E-state index contributed by atoms with van der Waals surface area (Å²) < 4.78 is 25.1. The van der Waals surface area contributed by atoms with Crippen molar-refractivity contribution in [2.45, 2.75) is 6.92 Å². The van der Waals surface area contributed by atoms with E-state index in [4.69, 9.17) is 9.47 Å². The first-order chi connectivity index (χ1) is 10.6. The number of hydrogen-bond donors (Lipinski definition) is 1. The molecule has 0 spiro atoms. The second-order valence-corrected chi connectivity index (χ2v) is 5.52. The summed E-state index contributed by atoms with van der Waals surface area (Å²) in [6, 6.07) is 9.26. The monoisotopic (exact) mass is 415 g/mol. The Morgan fingerprint density at radius 1 is 1.32 bits per heavy atom. The Hall–Kier alpha value is -1.83. The summed E-state index contributed by atoms with van der Waals surface area (Å²) in [4.78, 5) is 12.3. The predicted molar refractivity (Wildman–Crippen MR) is 91.2 cm³/mol.